The van der Waals surface area contributed by atoms with Crippen LogP contribution in [0.4, 0.5) is 0 Å². The summed E-state index contributed by atoms with van der Waals surface area (Å²) in [6.07, 6.45) is 11.9. The van der Waals surface area contributed by atoms with Gasteiger partial charge in [-0.25, -0.2) is 9.97 Å². The molecule has 5 nitrogen and oxygen atoms in total. The fourth-order valence-corrected chi connectivity index (χ4v) is 3.44. The van der Waals surface area contributed by atoms with E-state index in [9.17, 15) is 4.79 Å². The second-order valence-electron chi connectivity index (χ2n) is 6.04. The predicted molar refractivity (Wildman–Crippen MR) is 78.1 cm³/mol. The third kappa shape index (κ3) is 2.44. The number of carbonyl (C=O) groups excluding carboxylic acids is 1. The maximum Gasteiger partial charge on any atom is 0.251 e. The molecular weight excluding hydrogens is 264 g/mol. The van der Waals surface area contributed by atoms with E-state index < -0.39 is 0 Å². The second kappa shape index (κ2) is 4.98. The van der Waals surface area contributed by atoms with Crippen LogP contribution in [0.1, 0.15) is 36.0 Å². The lowest BCUT2D eigenvalue weighted by Gasteiger charge is -2.22. The van der Waals surface area contributed by atoms with Gasteiger partial charge in [0.15, 0.2) is 0 Å². The fourth-order valence-electron chi connectivity index (χ4n) is 3.44. The van der Waals surface area contributed by atoms with Crippen molar-refractivity contribution >= 4 is 5.91 Å². The minimum absolute atomic E-state index is 0.0105. The number of nitrogens with one attached hydrogen (secondary N) is 1. The lowest BCUT2D eigenvalue weighted by molar-refractivity contribution is 0.0923. The van der Waals surface area contributed by atoms with E-state index in [0.717, 1.165) is 18.3 Å². The summed E-state index contributed by atoms with van der Waals surface area (Å²) >= 11 is 0. The van der Waals surface area contributed by atoms with Crippen LogP contribution in [0, 0.1) is 11.8 Å². The van der Waals surface area contributed by atoms with Crippen LogP contribution in [0.3, 0.4) is 0 Å². The molecule has 3 unspecified atom stereocenters. The summed E-state index contributed by atoms with van der Waals surface area (Å²) in [5, 5.41) is 3.21. The zero-order valence-electron chi connectivity index (χ0n) is 11.8. The molecule has 1 amide bonds. The van der Waals surface area contributed by atoms with Crippen molar-refractivity contribution in [3.05, 3.63) is 42.6 Å². The zero-order chi connectivity index (χ0) is 14.2. The van der Waals surface area contributed by atoms with Crippen molar-refractivity contribution in [3.8, 4) is 5.82 Å². The topological polar surface area (TPSA) is 59.8 Å². The van der Waals surface area contributed by atoms with Crippen LogP contribution in [0.2, 0.25) is 0 Å². The van der Waals surface area contributed by atoms with Crippen LogP contribution in [-0.4, -0.2) is 26.5 Å². The van der Waals surface area contributed by atoms with E-state index in [2.05, 4.69) is 15.3 Å². The van der Waals surface area contributed by atoms with Gasteiger partial charge in [0, 0.05) is 30.2 Å². The van der Waals surface area contributed by atoms with Crippen LogP contribution < -0.4 is 5.32 Å². The number of pyridine rings is 1. The summed E-state index contributed by atoms with van der Waals surface area (Å²) in [6, 6.07) is 3.94. The molecule has 0 aliphatic heterocycles. The second-order valence-corrected chi connectivity index (χ2v) is 6.04. The van der Waals surface area contributed by atoms with Gasteiger partial charge in [-0.1, -0.05) is 12.8 Å². The van der Waals surface area contributed by atoms with E-state index in [1.54, 1.807) is 29.4 Å². The number of hydrogen-bond acceptors (Lipinski definition) is 3. The van der Waals surface area contributed by atoms with Crippen molar-refractivity contribution in [1.29, 1.82) is 0 Å². The van der Waals surface area contributed by atoms with Crippen LogP contribution in [0.15, 0.2) is 37.1 Å². The molecule has 0 saturated heterocycles. The first-order chi connectivity index (χ1) is 10.3. The van der Waals surface area contributed by atoms with Gasteiger partial charge in [0.25, 0.3) is 5.91 Å². The largest absolute Gasteiger partial charge is 0.349 e. The Labute approximate surface area is 123 Å². The lowest BCUT2D eigenvalue weighted by atomic mass is 9.95. The molecule has 0 radical (unpaired) electrons. The zero-order valence-corrected chi connectivity index (χ0v) is 11.8. The highest BCUT2D eigenvalue weighted by Crippen LogP contribution is 2.49. The highest BCUT2D eigenvalue weighted by atomic mass is 16.1. The number of hydrogen-bond donors (Lipinski definition) is 1. The number of aromatic nitrogens is 3. The van der Waals surface area contributed by atoms with Gasteiger partial charge in [-0.05, 0) is 36.8 Å². The fraction of sp³-hybridized carbons (Fsp3) is 0.438. The normalized spacial score (nSPS) is 27.0. The molecule has 21 heavy (non-hydrogen) atoms. The Hall–Kier alpha value is -2.17. The number of rotatable bonds is 3. The van der Waals surface area contributed by atoms with Crippen molar-refractivity contribution in [2.24, 2.45) is 11.8 Å². The molecule has 2 saturated carbocycles. The Bertz CT molecular complexity index is 652. The molecule has 1 N–H and O–H groups in total. The minimum atomic E-state index is 0.0105. The van der Waals surface area contributed by atoms with Gasteiger partial charge in [0.05, 0.1) is 0 Å². The summed E-state index contributed by atoms with van der Waals surface area (Å²) in [5.74, 6) is 2.31. The maximum atomic E-state index is 12.4. The Morgan fingerprint density at radius 2 is 2.29 bits per heavy atom. The number of imidazole rings is 1. The van der Waals surface area contributed by atoms with Gasteiger partial charge in [0.1, 0.15) is 12.1 Å². The van der Waals surface area contributed by atoms with Crippen molar-refractivity contribution in [3.63, 3.8) is 0 Å². The predicted octanol–water partition coefficient (Wildman–Crippen LogP) is 2.19. The summed E-state index contributed by atoms with van der Waals surface area (Å²) in [5.41, 5.74) is 0.663. The smallest absolute Gasteiger partial charge is 0.251 e. The Kier molecular flexibility index (Phi) is 2.98. The van der Waals surface area contributed by atoms with Gasteiger partial charge in [-0.2, -0.15) is 0 Å². The van der Waals surface area contributed by atoms with Crippen molar-refractivity contribution in [2.75, 3.05) is 0 Å². The SMILES string of the molecule is O=C(NC1CCCC2CC21)c1ccnc(-n2ccnc2)c1. The first-order valence-electron chi connectivity index (χ1n) is 7.56. The van der Waals surface area contributed by atoms with E-state index >= 15 is 0 Å². The average Bonchev–Trinajstić information content (AvgIpc) is 3.11. The molecule has 0 spiro atoms. The standard InChI is InChI=1S/C16H18N4O/c21-16(19-14-3-1-2-11-8-13(11)14)12-4-5-18-15(9-12)20-7-6-17-10-20/h4-7,9-11,13-14H,1-3,8H2,(H,19,21). The minimum Gasteiger partial charge on any atom is -0.349 e. The van der Waals surface area contributed by atoms with Gasteiger partial charge < -0.3 is 5.32 Å². The summed E-state index contributed by atoms with van der Waals surface area (Å²) in [7, 11) is 0. The van der Waals surface area contributed by atoms with Gasteiger partial charge in [-0.3, -0.25) is 9.36 Å². The van der Waals surface area contributed by atoms with Crippen molar-refractivity contribution < 1.29 is 4.79 Å². The molecule has 0 bridgehead atoms. The summed E-state index contributed by atoms with van der Waals surface area (Å²) < 4.78 is 1.80. The molecule has 2 aromatic rings. The first kappa shape index (κ1) is 12.6. The molecule has 2 aliphatic carbocycles. The first-order valence-corrected chi connectivity index (χ1v) is 7.56. The Balaban J connectivity index is 1.50. The highest BCUT2D eigenvalue weighted by molar-refractivity contribution is 5.94. The quantitative estimate of drug-likeness (QED) is 0.938. The third-order valence-corrected chi connectivity index (χ3v) is 4.68. The van der Waals surface area contributed by atoms with Gasteiger partial charge >= 0.3 is 0 Å². The van der Waals surface area contributed by atoms with Crippen LogP contribution in [-0.2, 0) is 0 Å². The number of carbonyl (C=O) groups is 1. The van der Waals surface area contributed by atoms with E-state index in [0.29, 0.717) is 17.4 Å². The van der Waals surface area contributed by atoms with E-state index in [4.69, 9.17) is 0 Å². The monoisotopic (exact) mass is 282 g/mol. The summed E-state index contributed by atoms with van der Waals surface area (Å²) in [4.78, 5) is 20.7. The van der Waals surface area contributed by atoms with Crippen molar-refractivity contribution in [2.45, 2.75) is 31.7 Å². The number of nitrogens with zero attached hydrogens (tertiary/aromatic N) is 3. The van der Waals surface area contributed by atoms with E-state index in [-0.39, 0.29) is 5.91 Å². The molecule has 3 atom stereocenters. The van der Waals surface area contributed by atoms with Crippen molar-refractivity contribution in [1.82, 2.24) is 19.9 Å². The Morgan fingerprint density at radius 1 is 1.33 bits per heavy atom. The molecule has 5 heteroatoms. The lowest BCUT2D eigenvalue weighted by Crippen LogP contribution is -2.38. The van der Waals surface area contributed by atoms with Gasteiger partial charge in [-0.15, -0.1) is 0 Å². The molecule has 2 heterocycles. The van der Waals surface area contributed by atoms with E-state index in [1.165, 1.54) is 19.3 Å². The average molecular weight is 282 g/mol. The molecule has 4 rings (SSSR count). The van der Waals surface area contributed by atoms with E-state index in [1.807, 2.05) is 12.3 Å². The molecule has 2 aliphatic rings. The summed E-state index contributed by atoms with van der Waals surface area (Å²) in [6.45, 7) is 0. The van der Waals surface area contributed by atoms with Crippen LogP contribution in [0.5, 0.6) is 0 Å². The third-order valence-electron chi connectivity index (χ3n) is 4.68. The van der Waals surface area contributed by atoms with Gasteiger partial charge in [0.2, 0.25) is 0 Å². The molecule has 2 aromatic heterocycles. The molecular formula is C16H18N4O. The number of fused-ring (bicyclic) bond motifs is 1. The van der Waals surface area contributed by atoms with Crippen LogP contribution >= 0.6 is 0 Å². The van der Waals surface area contributed by atoms with Crippen LogP contribution in [0.25, 0.3) is 5.82 Å². The molecule has 0 aromatic carbocycles. The Morgan fingerprint density at radius 3 is 3.14 bits per heavy atom. The molecule has 2 fully saturated rings. The highest BCUT2D eigenvalue weighted by Gasteiger charge is 2.45. The molecule has 108 valence electrons. The maximum absolute atomic E-state index is 12.4. The number of amides is 1.